The Morgan fingerprint density at radius 2 is 1.92 bits per heavy atom. The van der Waals surface area contributed by atoms with Gasteiger partial charge in [-0.2, -0.15) is 8.78 Å². The molecule has 0 bridgehead atoms. The summed E-state index contributed by atoms with van der Waals surface area (Å²) in [6.45, 7) is -2.01. The normalized spacial score (nSPS) is 12.5. The van der Waals surface area contributed by atoms with Gasteiger partial charge in [-0.05, 0) is 36.9 Å². The van der Waals surface area contributed by atoms with Crippen LogP contribution in [0.15, 0.2) is 42.5 Å². The summed E-state index contributed by atoms with van der Waals surface area (Å²) in [6, 6.07) is 11.5. The van der Waals surface area contributed by atoms with Crippen LogP contribution in [0.4, 0.5) is 14.5 Å². The van der Waals surface area contributed by atoms with Crippen molar-refractivity contribution in [3.63, 3.8) is 0 Å². The van der Waals surface area contributed by atoms with Gasteiger partial charge in [0.2, 0.25) is 12.7 Å². The number of amides is 1. The third kappa shape index (κ3) is 4.82. The number of likely N-dealkylation sites (N-methyl/N-ethyl adjacent to an activating group) is 1. The van der Waals surface area contributed by atoms with Crippen LogP contribution < -0.4 is 19.5 Å². The molecule has 1 N–H and O–H groups in total. The number of rotatable bonds is 7. The van der Waals surface area contributed by atoms with Gasteiger partial charge in [-0.3, -0.25) is 9.69 Å². The highest BCUT2D eigenvalue weighted by Crippen LogP contribution is 2.34. The fraction of sp³-hybridized carbons (Fsp3) is 0.278. The van der Waals surface area contributed by atoms with Gasteiger partial charge in [0.25, 0.3) is 0 Å². The van der Waals surface area contributed by atoms with Gasteiger partial charge in [-0.15, -0.1) is 0 Å². The summed E-state index contributed by atoms with van der Waals surface area (Å²) >= 11 is 0. The lowest BCUT2D eigenvalue weighted by Crippen LogP contribution is -2.29. The topological polar surface area (TPSA) is 60.0 Å². The van der Waals surface area contributed by atoms with Crippen LogP contribution in [0.2, 0.25) is 0 Å². The molecule has 0 aliphatic carbocycles. The van der Waals surface area contributed by atoms with E-state index < -0.39 is 6.61 Å². The molecule has 2 aromatic carbocycles. The third-order valence-corrected chi connectivity index (χ3v) is 3.67. The molecule has 1 aliphatic rings. The number of hydrogen-bond acceptors (Lipinski definition) is 5. The summed E-state index contributed by atoms with van der Waals surface area (Å²) in [5.41, 5.74) is 1.51. The standard InChI is InChI=1S/C18H18F2N2O4/c1-22(9-12-2-5-14(6-3-12)26-18(19)20)10-17(23)21-13-4-7-15-16(8-13)25-11-24-15/h2-8,18H,9-11H2,1H3,(H,21,23). The zero-order valence-corrected chi connectivity index (χ0v) is 14.1. The van der Waals surface area contributed by atoms with E-state index in [1.54, 1.807) is 37.4 Å². The molecule has 0 unspecified atom stereocenters. The van der Waals surface area contributed by atoms with E-state index in [2.05, 4.69) is 10.1 Å². The van der Waals surface area contributed by atoms with Crippen molar-refractivity contribution in [1.29, 1.82) is 0 Å². The second-order valence-corrected chi connectivity index (χ2v) is 5.81. The van der Waals surface area contributed by atoms with Gasteiger partial charge in [0, 0.05) is 18.3 Å². The van der Waals surface area contributed by atoms with Gasteiger partial charge in [-0.25, -0.2) is 0 Å². The zero-order valence-electron chi connectivity index (χ0n) is 14.1. The first-order valence-corrected chi connectivity index (χ1v) is 7.91. The van der Waals surface area contributed by atoms with Gasteiger partial charge >= 0.3 is 6.61 Å². The summed E-state index contributed by atoms with van der Waals surface area (Å²) in [5.74, 6) is 1.18. The fourth-order valence-electron chi connectivity index (χ4n) is 2.56. The molecule has 6 nitrogen and oxygen atoms in total. The quantitative estimate of drug-likeness (QED) is 0.818. The second-order valence-electron chi connectivity index (χ2n) is 5.81. The number of ether oxygens (including phenoxy) is 3. The highest BCUT2D eigenvalue weighted by Gasteiger charge is 2.15. The fourth-order valence-corrected chi connectivity index (χ4v) is 2.56. The lowest BCUT2D eigenvalue weighted by Gasteiger charge is -2.17. The number of anilines is 1. The number of alkyl halides is 2. The smallest absolute Gasteiger partial charge is 0.387 e. The Morgan fingerprint density at radius 1 is 1.19 bits per heavy atom. The van der Waals surface area contributed by atoms with Crippen LogP contribution >= 0.6 is 0 Å². The van der Waals surface area contributed by atoms with Crippen LogP contribution in [0.3, 0.4) is 0 Å². The number of hydrogen-bond donors (Lipinski definition) is 1. The number of benzene rings is 2. The Hall–Kier alpha value is -2.87. The van der Waals surface area contributed by atoms with E-state index in [9.17, 15) is 13.6 Å². The lowest BCUT2D eigenvalue weighted by molar-refractivity contribution is -0.117. The Bertz CT molecular complexity index is 768. The van der Waals surface area contributed by atoms with E-state index in [0.29, 0.717) is 23.7 Å². The Balaban J connectivity index is 1.49. The number of carbonyl (C=O) groups excluding carboxylic acids is 1. The Morgan fingerprint density at radius 3 is 2.65 bits per heavy atom. The van der Waals surface area contributed by atoms with Crippen molar-refractivity contribution >= 4 is 11.6 Å². The molecule has 0 fully saturated rings. The monoisotopic (exact) mass is 364 g/mol. The van der Waals surface area contributed by atoms with E-state index >= 15 is 0 Å². The molecule has 1 heterocycles. The molecule has 2 aromatic rings. The molecule has 1 aliphatic heterocycles. The van der Waals surface area contributed by atoms with Gasteiger partial charge in [0.1, 0.15) is 5.75 Å². The molecule has 138 valence electrons. The predicted molar refractivity (Wildman–Crippen MR) is 90.6 cm³/mol. The maximum atomic E-state index is 12.2. The van der Waals surface area contributed by atoms with Crippen molar-refractivity contribution in [2.45, 2.75) is 13.2 Å². The van der Waals surface area contributed by atoms with Crippen molar-refractivity contribution < 1.29 is 27.8 Å². The summed E-state index contributed by atoms with van der Waals surface area (Å²) in [6.07, 6.45) is 0. The Labute approximate surface area is 149 Å². The van der Waals surface area contributed by atoms with Gasteiger partial charge < -0.3 is 19.5 Å². The number of halogens is 2. The first-order valence-electron chi connectivity index (χ1n) is 7.91. The largest absolute Gasteiger partial charge is 0.454 e. The molecule has 0 spiro atoms. The van der Waals surface area contributed by atoms with Crippen LogP contribution in [-0.2, 0) is 11.3 Å². The molecular formula is C18H18F2N2O4. The lowest BCUT2D eigenvalue weighted by atomic mass is 10.2. The summed E-state index contributed by atoms with van der Waals surface area (Å²) in [5, 5.41) is 2.80. The summed E-state index contributed by atoms with van der Waals surface area (Å²) in [7, 11) is 1.79. The minimum absolute atomic E-state index is 0.104. The average Bonchev–Trinajstić information content (AvgIpc) is 3.03. The molecule has 0 saturated carbocycles. The van der Waals surface area contributed by atoms with E-state index in [-0.39, 0.29) is 25.0 Å². The highest BCUT2D eigenvalue weighted by molar-refractivity contribution is 5.92. The average molecular weight is 364 g/mol. The van der Waals surface area contributed by atoms with Crippen molar-refractivity contribution in [3.05, 3.63) is 48.0 Å². The first-order chi connectivity index (χ1) is 12.5. The highest BCUT2D eigenvalue weighted by atomic mass is 19.3. The van der Waals surface area contributed by atoms with Crippen molar-refractivity contribution in [1.82, 2.24) is 4.90 Å². The third-order valence-electron chi connectivity index (χ3n) is 3.67. The van der Waals surface area contributed by atoms with Crippen LogP contribution in [0.25, 0.3) is 0 Å². The second kappa shape index (κ2) is 8.01. The number of carbonyl (C=O) groups is 1. The number of nitrogens with zero attached hydrogens (tertiary/aromatic N) is 1. The molecule has 3 rings (SSSR count). The molecule has 8 heteroatoms. The van der Waals surface area contributed by atoms with E-state index in [0.717, 1.165) is 5.56 Å². The van der Waals surface area contributed by atoms with Crippen molar-refractivity contribution in [2.75, 3.05) is 25.7 Å². The number of nitrogens with one attached hydrogen (secondary N) is 1. The van der Waals surface area contributed by atoms with Gasteiger partial charge in [-0.1, -0.05) is 12.1 Å². The summed E-state index contributed by atoms with van der Waals surface area (Å²) in [4.78, 5) is 14.0. The predicted octanol–water partition coefficient (Wildman–Crippen LogP) is 3.09. The van der Waals surface area contributed by atoms with Crippen molar-refractivity contribution in [3.8, 4) is 17.2 Å². The number of fused-ring (bicyclic) bond motifs is 1. The molecule has 0 atom stereocenters. The zero-order chi connectivity index (χ0) is 18.5. The van der Waals surface area contributed by atoms with E-state index in [1.807, 2.05) is 4.90 Å². The van der Waals surface area contributed by atoms with Gasteiger partial charge in [0.05, 0.1) is 6.54 Å². The van der Waals surface area contributed by atoms with E-state index in [4.69, 9.17) is 9.47 Å². The molecule has 26 heavy (non-hydrogen) atoms. The molecule has 0 aromatic heterocycles. The van der Waals surface area contributed by atoms with E-state index in [1.165, 1.54) is 12.1 Å². The van der Waals surface area contributed by atoms with Crippen LogP contribution in [0.1, 0.15) is 5.56 Å². The molecular weight excluding hydrogens is 346 g/mol. The van der Waals surface area contributed by atoms with Gasteiger partial charge in [0.15, 0.2) is 11.5 Å². The maximum absolute atomic E-state index is 12.2. The minimum Gasteiger partial charge on any atom is -0.454 e. The van der Waals surface area contributed by atoms with Crippen LogP contribution in [0.5, 0.6) is 17.2 Å². The van der Waals surface area contributed by atoms with Crippen LogP contribution in [-0.4, -0.2) is 37.8 Å². The molecule has 1 amide bonds. The molecule has 0 saturated heterocycles. The Kier molecular flexibility index (Phi) is 5.52. The molecule has 0 radical (unpaired) electrons. The minimum atomic E-state index is -2.84. The first kappa shape index (κ1) is 17.9. The summed E-state index contributed by atoms with van der Waals surface area (Å²) < 4.78 is 39.1. The SMILES string of the molecule is CN(CC(=O)Nc1ccc2c(c1)OCO2)Cc1ccc(OC(F)F)cc1. The van der Waals surface area contributed by atoms with Crippen molar-refractivity contribution in [2.24, 2.45) is 0 Å². The maximum Gasteiger partial charge on any atom is 0.387 e. The van der Waals surface area contributed by atoms with Crippen LogP contribution in [0, 0.1) is 0 Å².